The predicted molar refractivity (Wildman–Crippen MR) is 113 cm³/mol. The summed E-state index contributed by atoms with van der Waals surface area (Å²) in [5.74, 6) is 1.38. The standard InChI is InChI=1S/C20H25N5O2.ClH/c1-12-9-16(24-8-7-15(21)11-24)20-22-13(2)19(25(20)23-12)14-5-6-17(26-3)18(10-14)27-4;/h5-6,9-10,15H,7-8,11,21H2,1-4H3;1H. The van der Waals surface area contributed by atoms with Crippen LogP contribution in [0.5, 0.6) is 11.5 Å². The van der Waals surface area contributed by atoms with Gasteiger partial charge in [-0.15, -0.1) is 12.4 Å². The molecule has 1 atom stereocenters. The molecule has 7 nitrogen and oxygen atoms in total. The number of nitrogens with two attached hydrogens (primary N) is 1. The lowest BCUT2D eigenvalue weighted by atomic mass is 10.1. The fourth-order valence-electron chi connectivity index (χ4n) is 3.78. The average Bonchev–Trinajstić information content (AvgIpc) is 3.23. The van der Waals surface area contributed by atoms with Crippen LogP contribution in [-0.4, -0.2) is 47.9 Å². The van der Waals surface area contributed by atoms with Gasteiger partial charge in [0, 0.05) is 24.7 Å². The first-order valence-corrected chi connectivity index (χ1v) is 9.11. The Morgan fingerprint density at radius 1 is 1.11 bits per heavy atom. The molecule has 0 aliphatic carbocycles. The maximum Gasteiger partial charge on any atom is 0.178 e. The molecule has 0 radical (unpaired) electrons. The molecule has 0 bridgehead atoms. The van der Waals surface area contributed by atoms with Gasteiger partial charge in [-0.25, -0.2) is 9.50 Å². The first-order valence-electron chi connectivity index (χ1n) is 9.11. The van der Waals surface area contributed by atoms with E-state index in [0.717, 1.165) is 53.5 Å². The molecule has 8 heteroatoms. The summed E-state index contributed by atoms with van der Waals surface area (Å²) in [6, 6.07) is 8.18. The Morgan fingerprint density at radius 2 is 1.86 bits per heavy atom. The van der Waals surface area contributed by atoms with Gasteiger partial charge in [0.15, 0.2) is 17.1 Å². The number of imidazole rings is 1. The smallest absolute Gasteiger partial charge is 0.178 e. The van der Waals surface area contributed by atoms with Gasteiger partial charge in [-0.2, -0.15) is 5.10 Å². The minimum atomic E-state index is 0. The SMILES string of the molecule is COc1ccc(-c2c(C)nc3c(N4CCC(N)C4)cc(C)nn23)cc1OC.Cl. The maximum absolute atomic E-state index is 6.12. The lowest BCUT2D eigenvalue weighted by molar-refractivity contribution is 0.355. The number of anilines is 1. The second-order valence-corrected chi connectivity index (χ2v) is 7.02. The quantitative estimate of drug-likeness (QED) is 0.721. The largest absolute Gasteiger partial charge is 0.493 e. The zero-order valence-corrected chi connectivity index (χ0v) is 17.4. The highest BCUT2D eigenvalue weighted by molar-refractivity contribution is 5.85. The number of rotatable bonds is 4. The Bertz CT molecular complexity index is 1000. The van der Waals surface area contributed by atoms with E-state index in [2.05, 4.69) is 11.0 Å². The normalized spacial score (nSPS) is 16.3. The second kappa shape index (κ2) is 7.85. The molecule has 1 unspecified atom stereocenters. The summed E-state index contributed by atoms with van der Waals surface area (Å²) < 4.78 is 12.8. The van der Waals surface area contributed by atoms with Crippen LogP contribution in [0.3, 0.4) is 0 Å². The number of hydrogen-bond donors (Lipinski definition) is 1. The summed E-state index contributed by atoms with van der Waals surface area (Å²) in [6.07, 6.45) is 0.996. The number of hydrogen-bond acceptors (Lipinski definition) is 6. The van der Waals surface area contributed by atoms with Gasteiger partial charge in [0.1, 0.15) is 0 Å². The summed E-state index contributed by atoms with van der Waals surface area (Å²) in [5, 5.41) is 4.75. The molecular weight excluding hydrogens is 378 g/mol. The third-order valence-corrected chi connectivity index (χ3v) is 5.08. The molecule has 2 N–H and O–H groups in total. The van der Waals surface area contributed by atoms with Crippen LogP contribution in [0.25, 0.3) is 16.9 Å². The van der Waals surface area contributed by atoms with Crippen LogP contribution in [0.1, 0.15) is 17.8 Å². The summed E-state index contributed by atoms with van der Waals surface area (Å²) >= 11 is 0. The van der Waals surface area contributed by atoms with Crippen LogP contribution in [0.15, 0.2) is 24.3 Å². The van der Waals surface area contributed by atoms with Crippen LogP contribution in [0, 0.1) is 13.8 Å². The van der Waals surface area contributed by atoms with Crippen LogP contribution >= 0.6 is 12.4 Å². The van der Waals surface area contributed by atoms with Gasteiger partial charge in [-0.3, -0.25) is 0 Å². The molecule has 1 aromatic carbocycles. The highest BCUT2D eigenvalue weighted by Crippen LogP contribution is 2.35. The van der Waals surface area contributed by atoms with Crippen molar-refractivity contribution >= 4 is 23.7 Å². The zero-order chi connectivity index (χ0) is 19.1. The highest BCUT2D eigenvalue weighted by atomic mass is 35.5. The molecule has 1 aliphatic heterocycles. The van der Waals surface area contributed by atoms with Gasteiger partial charge in [-0.05, 0) is 44.5 Å². The van der Waals surface area contributed by atoms with Crippen molar-refractivity contribution in [2.24, 2.45) is 5.73 Å². The zero-order valence-electron chi connectivity index (χ0n) is 16.6. The van der Waals surface area contributed by atoms with Crippen LogP contribution in [-0.2, 0) is 0 Å². The minimum Gasteiger partial charge on any atom is -0.493 e. The van der Waals surface area contributed by atoms with Crippen molar-refractivity contribution < 1.29 is 9.47 Å². The van der Waals surface area contributed by atoms with Crippen molar-refractivity contribution in [3.05, 3.63) is 35.7 Å². The molecule has 0 spiro atoms. The monoisotopic (exact) mass is 403 g/mol. The van der Waals surface area contributed by atoms with Crippen molar-refractivity contribution in [1.82, 2.24) is 14.6 Å². The number of fused-ring (bicyclic) bond motifs is 1. The van der Waals surface area contributed by atoms with E-state index < -0.39 is 0 Å². The fraction of sp³-hybridized carbons (Fsp3) is 0.400. The predicted octanol–water partition coefficient (Wildman–Crippen LogP) is 2.99. The molecule has 3 aromatic rings. The molecule has 2 aromatic heterocycles. The lowest BCUT2D eigenvalue weighted by Crippen LogP contribution is -2.27. The minimum absolute atomic E-state index is 0. The summed E-state index contributed by atoms with van der Waals surface area (Å²) in [6.45, 7) is 5.80. The van der Waals surface area contributed by atoms with Crippen LogP contribution in [0.2, 0.25) is 0 Å². The summed E-state index contributed by atoms with van der Waals surface area (Å²) in [4.78, 5) is 7.15. The molecule has 4 rings (SSSR count). The molecule has 1 saturated heterocycles. The lowest BCUT2D eigenvalue weighted by Gasteiger charge is -2.19. The van der Waals surface area contributed by atoms with Crippen molar-refractivity contribution in [1.29, 1.82) is 0 Å². The van der Waals surface area contributed by atoms with E-state index in [-0.39, 0.29) is 18.4 Å². The highest BCUT2D eigenvalue weighted by Gasteiger charge is 2.24. The Balaban J connectivity index is 0.00000225. The maximum atomic E-state index is 6.12. The van der Waals surface area contributed by atoms with E-state index in [1.807, 2.05) is 36.6 Å². The van der Waals surface area contributed by atoms with Gasteiger partial charge < -0.3 is 20.1 Å². The molecule has 0 saturated carbocycles. The number of ether oxygens (including phenoxy) is 2. The van der Waals surface area contributed by atoms with E-state index in [4.69, 9.17) is 25.3 Å². The van der Waals surface area contributed by atoms with E-state index in [1.54, 1.807) is 14.2 Å². The van der Waals surface area contributed by atoms with Crippen molar-refractivity contribution in [2.45, 2.75) is 26.3 Å². The van der Waals surface area contributed by atoms with E-state index in [0.29, 0.717) is 11.5 Å². The first-order chi connectivity index (χ1) is 13.0. The van der Waals surface area contributed by atoms with Crippen molar-refractivity contribution in [3.8, 4) is 22.8 Å². The third-order valence-electron chi connectivity index (χ3n) is 5.08. The van der Waals surface area contributed by atoms with Crippen molar-refractivity contribution in [3.63, 3.8) is 0 Å². The number of methoxy groups -OCH3 is 2. The Kier molecular flexibility index (Phi) is 5.67. The first kappa shape index (κ1) is 20.2. The van der Waals surface area contributed by atoms with E-state index >= 15 is 0 Å². The van der Waals surface area contributed by atoms with E-state index in [1.165, 1.54) is 0 Å². The number of aryl methyl sites for hydroxylation is 2. The van der Waals surface area contributed by atoms with Gasteiger partial charge >= 0.3 is 0 Å². The molecule has 150 valence electrons. The van der Waals surface area contributed by atoms with Crippen LogP contribution < -0.4 is 20.1 Å². The molecule has 0 amide bonds. The number of halogens is 1. The summed E-state index contributed by atoms with van der Waals surface area (Å²) in [5.41, 5.74) is 11.9. The summed E-state index contributed by atoms with van der Waals surface area (Å²) in [7, 11) is 3.27. The Hall–Kier alpha value is -2.51. The molecule has 1 aliphatic rings. The Morgan fingerprint density at radius 3 is 2.50 bits per heavy atom. The van der Waals surface area contributed by atoms with Crippen LogP contribution in [0.4, 0.5) is 5.69 Å². The molecule has 28 heavy (non-hydrogen) atoms. The fourth-order valence-corrected chi connectivity index (χ4v) is 3.78. The van der Waals surface area contributed by atoms with Gasteiger partial charge in [-0.1, -0.05) is 0 Å². The van der Waals surface area contributed by atoms with E-state index in [9.17, 15) is 0 Å². The number of benzene rings is 1. The molecular formula is C20H26ClN5O2. The van der Waals surface area contributed by atoms with Gasteiger partial charge in [0.2, 0.25) is 0 Å². The second-order valence-electron chi connectivity index (χ2n) is 7.02. The number of aromatic nitrogens is 3. The van der Waals surface area contributed by atoms with Gasteiger partial charge in [0.05, 0.1) is 37.0 Å². The van der Waals surface area contributed by atoms with Gasteiger partial charge in [0.25, 0.3) is 0 Å². The van der Waals surface area contributed by atoms with Crippen molar-refractivity contribution in [2.75, 3.05) is 32.2 Å². The molecule has 1 fully saturated rings. The number of nitrogens with zero attached hydrogens (tertiary/aromatic N) is 4. The topological polar surface area (TPSA) is 77.9 Å². The Labute approximate surface area is 170 Å². The average molecular weight is 404 g/mol. The third kappa shape index (κ3) is 3.36. The molecule has 3 heterocycles.